The van der Waals surface area contributed by atoms with E-state index in [1.807, 2.05) is 0 Å². The van der Waals surface area contributed by atoms with Crippen LogP contribution in [0.5, 0.6) is 0 Å². The summed E-state index contributed by atoms with van der Waals surface area (Å²) in [6.45, 7) is 0.125. The van der Waals surface area contributed by atoms with Crippen LogP contribution in [-0.2, 0) is 0 Å². The standard InChI is InChI=1S/C12H9ClFNOS/c13-12-5-4-11(17-12)10(16)7-15-9-3-1-2-8(14)6-9/h1-6,15H,7H2. The second-order valence-corrected chi connectivity index (χ2v) is 5.11. The maximum Gasteiger partial charge on any atom is 0.191 e. The molecule has 2 rings (SSSR count). The third kappa shape index (κ3) is 3.28. The number of benzene rings is 1. The average molecular weight is 270 g/mol. The van der Waals surface area contributed by atoms with E-state index < -0.39 is 0 Å². The van der Waals surface area contributed by atoms with Gasteiger partial charge in [-0.05, 0) is 30.3 Å². The molecular weight excluding hydrogens is 261 g/mol. The lowest BCUT2D eigenvalue weighted by atomic mass is 10.3. The van der Waals surface area contributed by atoms with Crippen LogP contribution in [0.15, 0.2) is 36.4 Å². The van der Waals surface area contributed by atoms with Crippen LogP contribution >= 0.6 is 22.9 Å². The Morgan fingerprint density at radius 2 is 2.18 bits per heavy atom. The molecule has 0 spiro atoms. The summed E-state index contributed by atoms with van der Waals surface area (Å²) in [5, 5.41) is 2.87. The Morgan fingerprint density at radius 3 is 2.82 bits per heavy atom. The van der Waals surface area contributed by atoms with Crippen LogP contribution in [-0.4, -0.2) is 12.3 Å². The molecule has 0 saturated carbocycles. The van der Waals surface area contributed by atoms with E-state index in [0.717, 1.165) is 0 Å². The number of ketones is 1. The van der Waals surface area contributed by atoms with Crippen molar-refractivity contribution in [2.75, 3.05) is 11.9 Å². The lowest BCUT2D eigenvalue weighted by Gasteiger charge is -2.04. The van der Waals surface area contributed by atoms with Gasteiger partial charge in [0, 0.05) is 5.69 Å². The SMILES string of the molecule is O=C(CNc1cccc(F)c1)c1ccc(Cl)s1. The summed E-state index contributed by atoms with van der Waals surface area (Å²) in [5.41, 5.74) is 0.584. The highest BCUT2D eigenvalue weighted by atomic mass is 35.5. The second kappa shape index (κ2) is 5.29. The second-order valence-electron chi connectivity index (χ2n) is 3.39. The van der Waals surface area contributed by atoms with Gasteiger partial charge in [0.05, 0.1) is 15.8 Å². The number of thiophene rings is 1. The van der Waals surface area contributed by atoms with Gasteiger partial charge in [0.1, 0.15) is 5.82 Å². The van der Waals surface area contributed by atoms with Gasteiger partial charge < -0.3 is 5.32 Å². The summed E-state index contributed by atoms with van der Waals surface area (Å²) in [7, 11) is 0. The van der Waals surface area contributed by atoms with E-state index >= 15 is 0 Å². The summed E-state index contributed by atoms with van der Waals surface area (Å²) in [4.78, 5) is 12.3. The molecule has 0 aliphatic rings. The highest BCUT2D eigenvalue weighted by molar-refractivity contribution is 7.18. The number of hydrogen-bond acceptors (Lipinski definition) is 3. The molecule has 2 nitrogen and oxygen atoms in total. The normalized spacial score (nSPS) is 10.2. The van der Waals surface area contributed by atoms with Crippen molar-refractivity contribution < 1.29 is 9.18 Å². The van der Waals surface area contributed by atoms with Crippen molar-refractivity contribution in [3.8, 4) is 0 Å². The first-order valence-corrected chi connectivity index (χ1v) is 6.12. The molecule has 0 unspecified atom stereocenters. The number of anilines is 1. The van der Waals surface area contributed by atoms with Gasteiger partial charge in [0.25, 0.3) is 0 Å². The molecule has 0 amide bonds. The molecule has 1 aromatic heterocycles. The Labute approximate surface area is 107 Å². The molecule has 88 valence electrons. The van der Waals surface area contributed by atoms with E-state index in [1.54, 1.807) is 24.3 Å². The number of carbonyl (C=O) groups is 1. The van der Waals surface area contributed by atoms with Gasteiger partial charge in [-0.25, -0.2) is 4.39 Å². The molecule has 17 heavy (non-hydrogen) atoms. The minimum absolute atomic E-state index is 0.0637. The number of carbonyl (C=O) groups excluding carboxylic acids is 1. The number of rotatable bonds is 4. The molecule has 0 radical (unpaired) electrons. The van der Waals surface area contributed by atoms with Crippen LogP contribution in [0.3, 0.4) is 0 Å². The fourth-order valence-corrected chi connectivity index (χ4v) is 2.31. The Balaban J connectivity index is 1.97. The van der Waals surface area contributed by atoms with Crippen molar-refractivity contribution in [3.63, 3.8) is 0 Å². The molecule has 0 atom stereocenters. The fourth-order valence-electron chi connectivity index (χ4n) is 1.33. The molecule has 0 saturated heterocycles. The van der Waals surface area contributed by atoms with Gasteiger partial charge in [0.2, 0.25) is 0 Å². The highest BCUT2D eigenvalue weighted by Crippen LogP contribution is 2.21. The van der Waals surface area contributed by atoms with Crippen molar-refractivity contribution in [1.82, 2.24) is 0 Å². The van der Waals surface area contributed by atoms with Crippen molar-refractivity contribution in [3.05, 3.63) is 51.4 Å². The summed E-state index contributed by atoms with van der Waals surface area (Å²) in [6, 6.07) is 9.35. The average Bonchev–Trinajstić information content (AvgIpc) is 2.73. The molecule has 0 fully saturated rings. The maximum atomic E-state index is 12.9. The summed E-state index contributed by atoms with van der Waals surface area (Å²) in [5.74, 6) is -0.396. The van der Waals surface area contributed by atoms with Gasteiger partial charge in [-0.1, -0.05) is 17.7 Å². The Hall–Kier alpha value is -1.39. The van der Waals surface area contributed by atoms with E-state index in [9.17, 15) is 9.18 Å². The largest absolute Gasteiger partial charge is 0.377 e. The van der Waals surface area contributed by atoms with Crippen LogP contribution in [0.1, 0.15) is 9.67 Å². The predicted molar refractivity (Wildman–Crippen MR) is 68.5 cm³/mol. The summed E-state index contributed by atoms with van der Waals surface area (Å²) < 4.78 is 13.5. The van der Waals surface area contributed by atoms with Crippen molar-refractivity contribution >= 4 is 34.4 Å². The zero-order chi connectivity index (χ0) is 12.3. The first-order valence-electron chi connectivity index (χ1n) is 4.93. The molecule has 1 N–H and O–H groups in total. The quantitative estimate of drug-likeness (QED) is 0.855. The molecule has 1 heterocycles. The van der Waals surface area contributed by atoms with E-state index in [0.29, 0.717) is 14.9 Å². The molecule has 2 aromatic rings. The summed E-state index contributed by atoms with van der Waals surface area (Å²) >= 11 is 6.97. The first kappa shape index (κ1) is 12.1. The smallest absolute Gasteiger partial charge is 0.191 e. The molecule has 1 aromatic carbocycles. The number of hydrogen-bond donors (Lipinski definition) is 1. The van der Waals surface area contributed by atoms with E-state index in [1.165, 1.54) is 23.5 Å². The Morgan fingerprint density at radius 1 is 1.35 bits per heavy atom. The van der Waals surface area contributed by atoms with Crippen LogP contribution in [0, 0.1) is 5.82 Å². The van der Waals surface area contributed by atoms with Crippen LogP contribution in [0.4, 0.5) is 10.1 Å². The van der Waals surface area contributed by atoms with Gasteiger partial charge >= 0.3 is 0 Å². The van der Waals surface area contributed by atoms with Crippen molar-refractivity contribution in [2.24, 2.45) is 0 Å². The minimum Gasteiger partial charge on any atom is -0.377 e. The Bertz CT molecular complexity index is 541. The third-order valence-corrected chi connectivity index (χ3v) is 3.40. The molecule has 0 aliphatic carbocycles. The number of Topliss-reactive ketones (excluding diaryl/α,β-unsaturated/α-hetero) is 1. The monoisotopic (exact) mass is 269 g/mol. The minimum atomic E-state index is -0.332. The van der Waals surface area contributed by atoms with Crippen LogP contribution in [0.25, 0.3) is 0 Å². The van der Waals surface area contributed by atoms with Crippen LogP contribution < -0.4 is 5.32 Å². The molecule has 0 bridgehead atoms. The van der Waals surface area contributed by atoms with Gasteiger partial charge in [-0.2, -0.15) is 0 Å². The zero-order valence-electron chi connectivity index (χ0n) is 8.74. The Kier molecular flexibility index (Phi) is 3.76. The van der Waals surface area contributed by atoms with Crippen molar-refractivity contribution in [2.45, 2.75) is 0 Å². The molecule has 5 heteroatoms. The first-order chi connectivity index (χ1) is 8.15. The van der Waals surface area contributed by atoms with E-state index in [2.05, 4.69) is 5.32 Å². The van der Waals surface area contributed by atoms with Gasteiger partial charge in [-0.3, -0.25) is 4.79 Å². The summed E-state index contributed by atoms with van der Waals surface area (Å²) in [6.07, 6.45) is 0. The highest BCUT2D eigenvalue weighted by Gasteiger charge is 2.08. The van der Waals surface area contributed by atoms with Gasteiger partial charge in [-0.15, -0.1) is 11.3 Å². The van der Waals surface area contributed by atoms with E-state index in [-0.39, 0.29) is 18.1 Å². The third-order valence-electron chi connectivity index (χ3n) is 2.13. The topological polar surface area (TPSA) is 29.1 Å². The lowest BCUT2D eigenvalue weighted by molar-refractivity contribution is 0.101. The molecular formula is C12H9ClFNOS. The maximum absolute atomic E-state index is 12.9. The van der Waals surface area contributed by atoms with Crippen LogP contribution in [0.2, 0.25) is 4.34 Å². The predicted octanol–water partition coefficient (Wildman–Crippen LogP) is 3.84. The number of nitrogens with one attached hydrogen (secondary N) is 1. The zero-order valence-corrected chi connectivity index (χ0v) is 10.3. The van der Waals surface area contributed by atoms with Gasteiger partial charge in [0.15, 0.2) is 5.78 Å². The lowest BCUT2D eigenvalue weighted by Crippen LogP contribution is -2.12. The van der Waals surface area contributed by atoms with E-state index in [4.69, 9.17) is 11.6 Å². The van der Waals surface area contributed by atoms with Crippen molar-refractivity contribution in [1.29, 1.82) is 0 Å². The fraction of sp³-hybridized carbons (Fsp3) is 0.0833. The molecule has 0 aliphatic heterocycles. The number of halogens is 2.